The van der Waals surface area contributed by atoms with Gasteiger partial charge in [0, 0.05) is 13.2 Å². The van der Waals surface area contributed by atoms with Crippen molar-refractivity contribution in [3.05, 3.63) is 35.4 Å². The van der Waals surface area contributed by atoms with Crippen molar-refractivity contribution in [3.8, 4) is 0 Å². The molecule has 21 heavy (non-hydrogen) atoms. The Kier molecular flexibility index (Phi) is 5.33. The number of esters is 1. The lowest BCUT2D eigenvalue weighted by atomic mass is 9.85. The number of hydrogen-bond donors (Lipinski definition) is 1. The Morgan fingerprint density at radius 1 is 1.29 bits per heavy atom. The molecule has 1 heterocycles. The predicted molar refractivity (Wildman–Crippen MR) is 76.3 cm³/mol. The second-order valence-electron chi connectivity index (χ2n) is 5.30. The minimum Gasteiger partial charge on any atom is -0.481 e. The summed E-state index contributed by atoms with van der Waals surface area (Å²) in [6.07, 6.45) is 2.42. The van der Waals surface area contributed by atoms with E-state index in [1.54, 1.807) is 24.3 Å². The molecule has 5 heteroatoms. The first-order chi connectivity index (χ1) is 10.1. The summed E-state index contributed by atoms with van der Waals surface area (Å²) in [5, 5.41) is 9.46. The summed E-state index contributed by atoms with van der Waals surface area (Å²) >= 11 is 0. The number of aliphatic carboxylic acids is 1. The van der Waals surface area contributed by atoms with Crippen molar-refractivity contribution >= 4 is 11.9 Å². The molecular formula is C16H20O5. The minimum absolute atomic E-state index is 0.375. The van der Waals surface area contributed by atoms with Crippen LogP contribution in [-0.4, -0.2) is 37.4 Å². The standard InChI is InChI=1S/C16H20O5/c1-20-16(19)13-4-2-12(3-5-13)14(15(17)18)10-11-6-8-21-9-7-11/h2-5,11,14H,6-10H2,1H3,(H,17,18). The van der Waals surface area contributed by atoms with E-state index in [2.05, 4.69) is 4.74 Å². The number of carbonyl (C=O) groups is 2. The first-order valence-corrected chi connectivity index (χ1v) is 7.10. The molecule has 2 rings (SSSR count). The maximum Gasteiger partial charge on any atom is 0.337 e. The highest BCUT2D eigenvalue weighted by atomic mass is 16.5. The van der Waals surface area contributed by atoms with E-state index in [1.165, 1.54) is 7.11 Å². The average molecular weight is 292 g/mol. The van der Waals surface area contributed by atoms with E-state index in [0.29, 0.717) is 31.1 Å². The van der Waals surface area contributed by atoms with Crippen LogP contribution in [0, 0.1) is 5.92 Å². The van der Waals surface area contributed by atoms with Crippen LogP contribution in [0.5, 0.6) is 0 Å². The van der Waals surface area contributed by atoms with Crippen LogP contribution in [0.4, 0.5) is 0 Å². The number of carboxylic acid groups (broad SMARTS) is 1. The van der Waals surface area contributed by atoms with Crippen LogP contribution < -0.4 is 0 Å². The van der Waals surface area contributed by atoms with Crippen LogP contribution in [0.2, 0.25) is 0 Å². The van der Waals surface area contributed by atoms with Crippen molar-refractivity contribution in [1.82, 2.24) is 0 Å². The van der Waals surface area contributed by atoms with E-state index in [0.717, 1.165) is 18.4 Å². The largest absolute Gasteiger partial charge is 0.481 e. The van der Waals surface area contributed by atoms with E-state index in [4.69, 9.17) is 4.74 Å². The molecule has 1 atom stereocenters. The van der Waals surface area contributed by atoms with Gasteiger partial charge in [-0.1, -0.05) is 12.1 Å². The van der Waals surface area contributed by atoms with E-state index in [1.807, 2.05) is 0 Å². The quantitative estimate of drug-likeness (QED) is 0.844. The third-order valence-corrected chi connectivity index (χ3v) is 3.94. The number of methoxy groups -OCH3 is 1. The van der Waals surface area contributed by atoms with Gasteiger partial charge in [0.05, 0.1) is 18.6 Å². The average Bonchev–Trinajstić information content (AvgIpc) is 2.53. The summed E-state index contributed by atoms with van der Waals surface area (Å²) in [5.74, 6) is -1.41. The van der Waals surface area contributed by atoms with E-state index < -0.39 is 17.9 Å². The monoisotopic (exact) mass is 292 g/mol. The van der Waals surface area contributed by atoms with Gasteiger partial charge >= 0.3 is 11.9 Å². The van der Waals surface area contributed by atoms with Crippen LogP contribution in [0.1, 0.15) is 41.1 Å². The SMILES string of the molecule is COC(=O)c1ccc(C(CC2CCOCC2)C(=O)O)cc1. The smallest absolute Gasteiger partial charge is 0.337 e. The van der Waals surface area contributed by atoms with E-state index >= 15 is 0 Å². The number of carboxylic acids is 1. The van der Waals surface area contributed by atoms with Gasteiger partial charge in [0.25, 0.3) is 0 Å². The summed E-state index contributed by atoms with van der Waals surface area (Å²) < 4.78 is 9.94. The molecule has 0 radical (unpaired) electrons. The fourth-order valence-corrected chi connectivity index (χ4v) is 2.66. The van der Waals surface area contributed by atoms with Gasteiger partial charge in [-0.05, 0) is 42.9 Å². The fourth-order valence-electron chi connectivity index (χ4n) is 2.66. The normalized spacial score (nSPS) is 17.2. The van der Waals surface area contributed by atoms with Crippen LogP contribution in [0.25, 0.3) is 0 Å². The molecule has 0 aliphatic carbocycles. The van der Waals surface area contributed by atoms with Gasteiger partial charge in [-0.15, -0.1) is 0 Å². The molecule has 0 aromatic heterocycles. The van der Waals surface area contributed by atoms with Crippen molar-refractivity contribution in [2.24, 2.45) is 5.92 Å². The molecule has 1 aromatic rings. The molecule has 1 fully saturated rings. The maximum absolute atomic E-state index is 11.5. The van der Waals surface area contributed by atoms with E-state index in [-0.39, 0.29) is 0 Å². The molecule has 1 saturated heterocycles. The van der Waals surface area contributed by atoms with Gasteiger partial charge in [0.2, 0.25) is 0 Å². The molecule has 1 aliphatic heterocycles. The Bertz CT molecular complexity index is 488. The highest BCUT2D eigenvalue weighted by Crippen LogP contribution is 2.29. The number of carbonyl (C=O) groups excluding carboxylic acids is 1. The van der Waals surface area contributed by atoms with Crippen molar-refractivity contribution in [3.63, 3.8) is 0 Å². The zero-order valence-corrected chi connectivity index (χ0v) is 12.1. The number of rotatable bonds is 5. The predicted octanol–water partition coefficient (Wildman–Crippen LogP) is 2.46. The molecule has 114 valence electrons. The number of hydrogen-bond acceptors (Lipinski definition) is 4. The Labute approximate surface area is 123 Å². The zero-order chi connectivity index (χ0) is 15.2. The number of benzene rings is 1. The lowest BCUT2D eigenvalue weighted by molar-refractivity contribution is -0.139. The Morgan fingerprint density at radius 3 is 2.43 bits per heavy atom. The number of ether oxygens (including phenoxy) is 2. The molecule has 1 aromatic carbocycles. The second-order valence-corrected chi connectivity index (χ2v) is 5.30. The summed E-state index contributed by atoms with van der Waals surface area (Å²) in [6, 6.07) is 6.62. The molecular weight excluding hydrogens is 272 g/mol. The van der Waals surface area contributed by atoms with Crippen molar-refractivity contribution in [2.75, 3.05) is 20.3 Å². The summed E-state index contributed by atoms with van der Waals surface area (Å²) in [6.45, 7) is 1.41. The van der Waals surface area contributed by atoms with Gasteiger partial charge in [0.1, 0.15) is 0 Å². The van der Waals surface area contributed by atoms with Gasteiger partial charge < -0.3 is 14.6 Å². The van der Waals surface area contributed by atoms with Crippen molar-refractivity contribution in [1.29, 1.82) is 0 Å². The van der Waals surface area contributed by atoms with Crippen molar-refractivity contribution in [2.45, 2.75) is 25.2 Å². The second kappa shape index (κ2) is 7.22. The fraction of sp³-hybridized carbons (Fsp3) is 0.500. The van der Waals surface area contributed by atoms with Crippen LogP contribution in [0.3, 0.4) is 0 Å². The molecule has 0 amide bonds. The van der Waals surface area contributed by atoms with Crippen LogP contribution >= 0.6 is 0 Å². The summed E-state index contributed by atoms with van der Waals surface area (Å²) in [7, 11) is 1.32. The molecule has 1 unspecified atom stereocenters. The van der Waals surface area contributed by atoms with E-state index in [9.17, 15) is 14.7 Å². The molecule has 5 nitrogen and oxygen atoms in total. The molecule has 1 aliphatic rings. The Balaban J connectivity index is 2.10. The van der Waals surface area contributed by atoms with Crippen LogP contribution in [-0.2, 0) is 14.3 Å². The lowest BCUT2D eigenvalue weighted by Gasteiger charge is -2.25. The molecule has 1 N–H and O–H groups in total. The highest BCUT2D eigenvalue weighted by Gasteiger charge is 2.25. The Hall–Kier alpha value is -1.88. The zero-order valence-electron chi connectivity index (χ0n) is 12.1. The Morgan fingerprint density at radius 2 is 1.90 bits per heavy atom. The third-order valence-electron chi connectivity index (χ3n) is 3.94. The maximum atomic E-state index is 11.5. The van der Waals surface area contributed by atoms with Crippen molar-refractivity contribution < 1.29 is 24.2 Å². The molecule has 0 bridgehead atoms. The summed E-state index contributed by atoms with van der Waals surface area (Å²) in [5.41, 5.74) is 1.15. The highest BCUT2D eigenvalue weighted by molar-refractivity contribution is 5.89. The van der Waals surface area contributed by atoms with Gasteiger partial charge in [-0.2, -0.15) is 0 Å². The first-order valence-electron chi connectivity index (χ1n) is 7.10. The molecule has 0 spiro atoms. The van der Waals surface area contributed by atoms with Gasteiger partial charge in [0.15, 0.2) is 0 Å². The van der Waals surface area contributed by atoms with Gasteiger partial charge in [-0.25, -0.2) is 4.79 Å². The van der Waals surface area contributed by atoms with Gasteiger partial charge in [-0.3, -0.25) is 4.79 Å². The third kappa shape index (κ3) is 4.04. The first kappa shape index (κ1) is 15.5. The minimum atomic E-state index is -0.827. The molecule has 0 saturated carbocycles. The lowest BCUT2D eigenvalue weighted by Crippen LogP contribution is -2.21. The topological polar surface area (TPSA) is 72.8 Å². The summed E-state index contributed by atoms with van der Waals surface area (Å²) in [4.78, 5) is 22.9. The van der Waals surface area contributed by atoms with Crippen LogP contribution in [0.15, 0.2) is 24.3 Å².